The van der Waals surface area contributed by atoms with Gasteiger partial charge in [0, 0.05) is 13.6 Å². The number of amides is 1. The number of aromatic carboxylic acids is 1. The van der Waals surface area contributed by atoms with Gasteiger partial charge in [-0.3, -0.25) is 4.79 Å². The molecule has 1 aromatic carbocycles. The van der Waals surface area contributed by atoms with Crippen LogP contribution in [0.4, 0.5) is 0 Å². The summed E-state index contributed by atoms with van der Waals surface area (Å²) in [5, 5.41) is 17.6. The molecule has 0 aliphatic carbocycles. The lowest BCUT2D eigenvalue weighted by molar-refractivity contribution is -0.132. The van der Waals surface area contributed by atoms with E-state index in [9.17, 15) is 9.59 Å². The number of carbonyl (C=O) groups excluding carboxylic acids is 1. The Balaban J connectivity index is 2.81. The zero-order valence-electron chi connectivity index (χ0n) is 11.8. The molecular weight excluding hydrogens is 276 g/mol. The van der Waals surface area contributed by atoms with E-state index in [-0.39, 0.29) is 42.5 Å². The molecule has 21 heavy (non-hydrogen) atoms. The minimum absolute atomic E-state index is 0.00883. The van der Waals surface area contributed by atoms with Gasteiger partial charge in [0.2, 0.25) is 0 Å². The van der Waals surface area contributed by atoms with Crippen LogP contribution in [0.5, 0.6) is 11.5 Å². The number of benzene rings is 1. The van der Waals surface area contributed by atoms with E-state index < -0.39 is 5.97 Å². The van der Waals surface area contributed by atoms with E-state index in [1.54, 1.807) is 13.1 Å². The van der Waals surface area contributed by atoms with Crippen molar-refractivity contribution in [2.75, 3.05) is 27.3 Å². The zero-order valence-corrected chi connectivity index (χ0v) is 11.8. The molecule has 1 rings (SSSR count). The van der Waals surface area contributed by atoms with Crippen LogP contribution in [0.3, 0.4) is 0 Å². The van der Waals surface area contributed by atoms with Crippen molar-refractivity contribution in [2.45, 2.75) is 6.42 Å². The lowest BCUT2D eigenvalue weighted by atomic mass is 10.2. The van der Waals surface area contributed by atoms with Gasteiger partial charge in [0.1, 0.15) is 5.56 Å². The fourth-order valence-corrected chi connectivity index (χ4v) is 1.58. The average molecular weight is 292 g/mol. The van der Waals surface area contributed by atoms with Crippen molar-refractivity contribution in [2.24, 2.45) is 0 Å². The first-order valence-electron chi connectivity index (χ1n) is 6.15. The van der Waals surface area contributed by atoms with E-state index >= 15 is 0 Å². The van der Waals surface area contributed by atoms with Crippen molar-refractivity contribution in [1.82, 2.24) is 4.90 Å². The molecule has 0 aliphatic heterocycles. The highest BCUT2D eigenvalue weighted by Crippen LogP contribution is 2.31. The maximum Gasteiger partial charge on any atom is 0.339 e. The molecule has 1 N–H and O–H groups in total. The molecule has 112 valence electrons. The summed E-state index contributed by atoms with van der Waals surface area (Å²) >= 11 is 0. The molecule has 0 fully saturated rings. The van der Waals surface area contributed by atoms with E-state index in [2.05, 4.69) is 0 Å². The second kappa shape index (κ2) is 7.75. The summed E-state index contributed by atoms with van der Waals surface area (Å²) in [7, 11) is 2.93. The minimum atomic E-state index is -1.17. The standard InChI is InChI=1S/C14H16N2O5/c1-16(8-4-7-15)12(17)9-21-13-10(14(18)19)5-3-6-11(13)20-2/h3,5-6H,4,8-9H2,1-2H3,(H,18,19). The topological polar surface area (TPSA) is 99.9 Å². The molecule has 1 aromatic rings. The highest BCUT2D eigenvalue weighted by molar-refractivity contribution is 5.92. The number of nitrogens with zero attached hydrogens (tertiary/aromatic N) is 2. The second-order valence-electron chi connectivity index (χ2n) is 4.15. The van der Waals surface area contributed by atoms with Crippen LogP contribution in [0.15, 0.2) is 18.2 Å². The summed E-state index contributed by atoms with van der Waals surface area (Å²) in [5.41, 5.74) is -0.0816. The largest absolute Gasteiger partial charge is 0.493 e. The number of likely N-dealkylation sites (N-methyl/N-ethyl adjacent to an activating group) is 1. The lowest BCUT2D eigenvalue weighted by Crippen LogP contribution is -2.32. The number of ether oxygens (including phenoxy) is 2. The SMILES string of the molecule is COc1cccc(C(=O)O)c1OCC(=O)N(C)CCC#N. The Morgan fingerprint density at radius 2 is 2.14 bits per heavy atom. The van der Waals surface area contributed by atoms with E-state index in [1.165, 1.54) is 24.1 Å². The molecule has 0 atom stereocenters. The Kier molecular flexibility index (Phi) is 6.01. The van der Waals surface area contributed by atoms with Crippen molar-refractivity contribution in [3.63, 3.8) is 0 Å². The molecular formula is C14H16N2O5. The maximum atomic E-state index is 11.8. The first-order valence-corrected chi connectivity index (χ1v) is 6.15. The number of rotatable bonds is 7. The van der Waals surface area contributed by atoms with Crippen LogP contribution in [-0.2, 0) is 4.79 Å². The predicted octanol–water partition coefficient (Wildman–Crippen LogP) is 1.14. The first-order chi connectivity index (χ1) is 10.0. The summed E-state index contributed by atoms with van der Waals surface area (Å²) < 4.78 is 10.3. The van der Waals surface area contributed by atoms with Gasteiger partial charge in [0.25, 0.3) is 5.91 Å². The maximum absolute atomic E-state index is 11.8. The summed E-state index contributed by atoms with van der Waals surface area (Å²) in [6, 6.07) is 6.37. The van der Waals surface area contributed by atoms with Gasteiger partial charge < -0.3 is 19.5 Å². The molecule has 0 aliphatic rings. The monoisotopic (exact) mass is 292 g/mol. The molecule has 0 saturated carbocycles. The summed E-state index contributed by atoms with van der Waals surface area (Å²) in [6.07, 6.45) is 0.220. The first kappa shape index (κ1) is 16.3. The van der Waals surface area contributed by atoms with Crippen LogP contribution < -0.4 is 9.47 Å². The Morgan fingerprint density at radius 3 is 2.71 bits per heavy atom. The number of nitriles is 1. The fourth-order valence-electron chi connectivity index (χ4n) is 1.58. The van der Waals surface area contributed by atoms with E-state index in [4.69, 9.17) is 19.8 Å². The quantitative estimate of drug-likeness (QED) is 0.809. The number of methoxy groups -OCH3 is 1. The molecule has 7 heteroatoms. The molecule has 0 bridgehead atoms. The molecule has 0 unspecified atom stereocenters. The van der Waals surface area contributed by atoms with Crippen LogP contribution in [0.1, 0.15) is 16.8 Å². The summed E-state index contributed by atoms with van der Waals surface area (Å²) in [4.78, 5) is 24.3. The Morgan fingerprint density at radius 1 is 1.43 bits per heavy atom. The molecule has 0 aromatic heterocycles. The minimum Gasteiger partial charge on any atom is -0.493 e. The zero-order chi connectivity index (χ0) is 15.8. The van der Waals surface area contributed by atoms with E-state index in [1.807, 2.05) is 6.07 Å². The van der Waals surface area contributed by atoms with Crippen molar-refractivity contribution < 1.29 is 24.2 Å². The highest BCUT2D eigenvalue weighted by Gasteiger charge is 2.18. The smallest absolute Gasteiger partial charge is 0.339 e. The van der Waals surface area contributed by atoms with Crippen LogP contribution in [0.2, 0.25) is 0 Å². The molecule has 7 nitrogen and oxygen atoms in total. The summed E-state index contributed by atoms with van der Waals surface area (Å²) in [5.74, 6) is -1.28. The van der Waals surface area contributed by atoms with Gasteiger partial charge in [-0.25, -0.2) is 4.79 Å². The number of carbonyl (C=O) groups is 2. The number of hydrogen-bond donors (Lipinski definition) is 1. The van der Waals surface area contributed by atoms with Crippen molar-refractivity contribution in [1.29, 1.82) is 5.26 Å². The van der Waals surface area contributed by atoms with Gasteiger partial charge in [-0.05, 0) is 12.1 Å². The van der Waals surface area contributed by atoms with Gasteiger partial charge in [-0.2, -0.15) is 5.26 Å². The van der Waals surface area contributed by atoms with Gasteiger partial charge in [-0.1, -0.05) is 6.07 Å². The third-order valence-electron chi connectivity index (χ3n) is 2.75. The second-order valence-corrected chi connectivity index (χ2v) is 4.15. The third kappa shape index (κ3) is 4.38. The molecule has 0 saturated heterocycles. The van der Waals surface area contributed by atoms with Gasteiger partial charge >= 0.3 is 5.97 Å². The van der Waals surface area contributed by atoms with Crippen LogP contribution in [-0.4, -0.2) is 49.2 Å². The number of carboxylic acids is 1. The van der Waals surface area contributed by atoms with E-state index in [0.29, 0.717) is 0 Å². The third-order valence-corrected chi connectivity index (χ3v) is 2.75. The lowest BCUT2D eigenvalue weighted by Gasteiger charge is -2.17. The van der Waals surface area contributed by atoms with Crippen molar-refractivity contribution in [3.05, 3.63) is 23.8 Å². The van der Waals surface area contributed by atoms with Crippen molar-refractivity contribution >= 4 is 11.9 Å². The Labute approximate surface area is 122 Å². The van der Waals surface area contributed by atoms with Gasteiger partial charge in [0.05, 0.1) is 19.6 Å². The Bertz CT molecular complexity index is 565. The summed E-state index contributed by atoms with van der Waals surface area (Å²) in [6.45, 7) is -0.0427. The number of hydrogen-bond acceptors (Lipinski definition) is 5. The molecule has 1 amide bonds. The highest BCUT2D eigenvalue weighted by atomic mass is 16.5. The molecule has 0 heterocycles. The number of para-hydroxylation sites is 1. The Hall–Kier alpha value is -2.75. The van der Waals surface area contributed by atoms with Crippen LogP contribution in [0.25, 0.3) is 0 Å². The van der Waals surface area contributed by atoms with E-state index in [0.717, 1.165) is 0 Å². The van der Waals surface area contributed by atoms with Crippen LogP contribution in [0, 0.1) is 11.3 Å². The average Bonchev–Trinajstić information content (AvgIpc) is 2.49. The predicted molar refractivity (Wildman–Crippen MR) is 73.3 cm³/mol. The fraction of sp³-hybridized carbons (Fsp3) is 0.357. The van der Waals surface area contributed by atoms with Crippen LogP contribution >= 0.6 is 0 Å². The van der Waals surface area contributed by atoms with Crippen molar-refractivity contribution in [3.8, 4) is 17.6 Å². The molecule has 0 radical (unpaired) electrons. The normalized spacial score (nSPS) is 9.57. The van der Waals surface area contributed by atoms with Gasteiger partial charge in [0.15, 0.2) is 18.1 Å². The van der Waals surface area contributed by atoms with Gasteiger partial charge in [-0.15, -0.1) is 0 Å². The molecule has 0 spiro atoms. The number of carboxylic acid groups (broad SMARTS) is 1.